The first-order valence-electron chi connectivity index (χ1n) is 7.31. The normalized spacial score (nSPS) is 14.3. The van der Waals surface area contributed by atoms with E-state index in [1.54, 1.807) is 19.2 Å². The molecule has 21 heavy (non-hydrogen) atoms. The van der Waals surface area contributed by atoms with Gasteiger partial charge in [0.1, 0.15) is 0 Å². The number of methoxy groups -OCH3 is 1. The lowest BCUT2D eigenvalue weighted by Crippen LogP contribution is -2.25. The molecule has 0 aromatic heterocycles. The summed E-state index contributed by atoms with van der Waals surface area (Å²) in [6.45, 7) is 2.00. The van der Waals surface area contributed by atoms with E-state index in [1.165, 1.54) is 11.1 Å². The Balaban J connectivity index is 1.79. The van der Waals surface area contributed by atoms with E-state index in [0.717, 1.165) is 19.3 Å². The Morgan fingerprint density at radius 2 is 1.95 bits per heavy atom. The number of rotatable bonds is 9. The fourth-order valence-electron chi connectivity index (χ4n) is 2.42. The van der Waals surface area contributed by atoms with Crippen LogP contribution < -0.4 is 4.72 Å². The lowest BCUT2D eigenvalue weighted by Gasteiger charge is -2.09. The Labute approximate surface area is 126 Å². The van der Waals surface area contributed by atoms with Crippen molar-refractivity contribution in [1.82, 2.24) is 4.72 Å². The molecule has 5 nitrogen and oxygen atoms in total. The number of hydrogen-bond acceptors (Lipinski definition) is 4. The van der Waals surface area contributed by atoms with E-state index in [2.05, 4.69) is 4.72 Å². The van der Waals surface area contributed by atoms with Crippen LogP contribution in [-0.4, -0.2) is 41.9 Å². The Morgan fingerprint density at radius 3 is 2.76 bits per heavy atom. The summed E-state index contributed by atoms with van der Waals surface area (Å²) < 4.78 is 37.2. The molecule has 0 heterocycles. The first-order valence-corrected chi connectivity index (χ1v) is 8.80. The third-order valence-corrected chi connectivity index (χ3v) is 5.03. The van der Waals surface area contributed by atoms with Crippen LogP contribution in [0.15, 0.2) is 23.1 Å². The highest BCUT2D eigenvalue weighted by atomic mass is 32.2. The van der Waals surface area contributed by atoms with Gasteiger partial charge in [-0.2, -0.15) is 0 Å². The van der Waals surface area contributed by atoms with Crippen molar-refractivity contribution >= 4 is 10.0 Å². The van der Waals surface area contributed by atoms with E-state index in [0.29, 0.717) is 37.7 Å². The number of benzene rings is 1. The highest BCUT2D eigenvalue weighted by molar-refractivity contribution is 7.89. The van der Waals surface area contributed by atoms with Crippen molar-refractivity contribution in [3.8, 4) is 0 Å². The zero-order valence-corrected chi connectivity index (χ0v) is 13.2. The lowest BCUT2D eigenvalue weighted by atomic mass is 10.1. The molecule has 0 radical (unpaired) electrons. The van der Waals surface area contributed by atoms with Gasteiger partial charge in [-0.3, -0.25) is 0 Å². The predicted octanol–water partition coefficient (Wildman–Crippen LogP) is 1.51. The molecule has 6 heteroatoms. The minimum absolute atomic E-state index is 0.364. The zero-order chi connectivity index (χ0) is 15.1. The average molecular weight is 313 g/mol. The molecule has 118 valence electrons. The second kappa shape index (κ2) is 7.89. The molecule has 0 spiro atoms. The largest absolute Gasteiger partial charge is 0.382 e. The van der Waals surface area contributed by atoms with E-state index >= 15 is 0 Å². The lowest BCUT2D eigenvalue weighted by molar-refractivity contribution is 0.0699. The second-order valence-corrected chi connectivity index (χ2v) is 6.91. The molecule has 1 aromatic rings. The molecule has 1 aromatic carbocycles. The minimum atomic E-state index is -3.41. The SMILES string of the molecule is COCCOCCCNS(=O)(=O)c1ccc2c(c1)CCC2. The van der Waals surface area contributed by atoms with Crippen molar-refractivity contribution in [1.29, 1.82) is 0 Å². The first kappa shape index (κ1) is 16.4. The minimum Gasteiger partial charge on any atom is -0.382 e. The third kappa shape index (κ3) is 4.78. The van der Waals surface area contributed by atoms with Crippen LogP contribution in [0, 0.1) is 0 Å². The highest BCUT2D eigenvalue weighted by Gasteiger charge is 2.17. The van der Waals surface area contributed by atoms with Crippen molar-refractivity contribution in [2.45, 2.75) is 30.6 Å². The van der Waals surface area contributed by atoms with Gasteiger partial charge >= 0.3 is 0 Å². The summed E-state index contributed by atoms with van der Waals surface area (Å²) in [4.78, 5) is 0.364. The number of nitrogens with one attached hydrogen (secondary N) is 1. The fourth-order valence-corrected chi connectivity index (χ4v) is 3.55. The zero-order valence-electron chi connectivity index (χ0n) is 12.4. The predicted molar refractivity (Wildman–Crippen MR) is 81.0 cm³/mol. The number of sulfonamides is 1. The molecule has 1 aliphatic carbocycles. The van der Waals surface area contributed by atoms with Gasteiger partial charge in [0.25, 0.3) is 0 Å². The Morgan fingerprint density at radius 1 is 1.14 bits per heavy atom. The van der Waals surface area contributed by atoms with Gasteiger partial charge in [0, 0.05) is 20.3 Å². The van der Waals surface area contributed by atoms with Gasteiger partial charge in [-0.05, 0) is 48.9 Å². The van der Waals surface area contributed by atoms with Crippen LogP contribution in [0.4, 0.5) is 0 Å². The molecule has 0 saturated carbocycles. The van der Waals surface area contributed by atoms with Crippen LogP contribution in [0.2, 0.25) is 0 Å². The van der Waals surface area contributed by atoms with Gasteiger partial charge in [-0.15, -0.1) is 0 Å². The Bertz CT molecular complexity index is 557. The molecule has 0 aliphatic heterocycles. The molecule has 0 bridgehead atoms. The van der Waals surface area contributed by atoms with Crippen molar-refractivity contribution in [3.63, 3.8) is 0 Å². The molecule has 2 rings (SSSR count). The standard InChI is InChI=1S/C15H23NO4S/c1-19-10-11-20-9-3-8-16-21(17,18)15-7-6-13-4-2-5-14(13)12-15/h6-7,12,16H,2-5,8-11H2,1H3. The third-order valence-electron chi connectivity index (χ3n) is 3.57. The topological polar surface area (TPSA) is 64.6 Å². The second-order valence-electron chi connectivity index (χ2n) is 5.14. The summed E-state index contributed by atoms with van der Waals surface area (Å²) in [5.41, 5.74) is 2.45. The van der Waals surface area contributed by atoms with Crippen LogP contribution in [0.1, 0.15) is 24.0 Å². The monoisotopic (exact) mass is 313 g/mol. The smallest absolute Gasteiger partial charge is 0.240 e. The van der Waals surface area contributed by atoms with Gasteiger partial charge in [-0.1, -0.05) is 6.07 Å². The molecule has 0 fully saturated rings. The van der Waals surface area contributed by atoms with Crippen molar-refractivity contribution in [2.24, 2.45) is 0 Å². The van der Waals surface area contributed by atoms with Crippen LogP contribution in [0.3, 0.4) is 0 Å². The van der Waals surface area contributed by atoms with Gasteiger partial charge in [0.05, 0.1) is 18.1 Å². The molecular weight excluding hydrogens is 290 g/mol. The number of ether oxygens (including phenoxy) is 2. The van der Waals surface area contributed by atoms with Gasteiger partial charge < -0.3 is 9.47 Å². The van der Waals surface area contributed by atoms with Gasteiger partial charge in [0.15, 0.2) is 0 Å². The summed E-state index contributed by atoms with van der Waals surface area (Å²) in [6, 6.07) is 5.44. The van der Waals surface area contributed by atoms with Crippen molar-refractivity contribution < 1.29 is 17.9 Å². The maximum atomic E-state index is 12.2. The van der Waals surface area contributed by atoms with Crippen LogP contribution in [0.5, 0.6) is 0 Å². The molecule has 0 atom stereocenters. The van der Waals surface area contributed by atoms with E-state index < -0.39 is 10.0 Å². The summed E-state index contributed by atoms with van der Waals surface area (Å²) >= 11 is 0. The molecule has 1 aliphatic rings. The molecule has 0 amide bonds. The Hall–Kier alpha value is -0.950. The van der Waals surface area contributed by atoms with E-state index in [9.17, 15) is 8.42 Å². The fraction of sp³-hybridized carbons (Fsp3) is 0.600. The quantitative estimate of drug-likeness (QED) is 0.702. The summed E-state index contributed by atoms with van der Waals surface area (Å²) in [5, 5.41) is 0. The van der Waals surface area contributed by atoms with Gasteiger partial charge in [0.2, 0.25) is 10.0 Å². The van der Waals surface area contributed by atoms with Crippen LogP contribution >= 0.6 is 0 Å². The highest BCUT2D eigenvalue weighted by Crippen LogP contribution is 2.24. The summed E-state index contributed by atoms with van der Waals surface area (Å²) in [5.74, 6) is 0. The molecular formula is C15H23NO4S. The Kier molecular flexibility index (Phi) is 6.17. The molecule has 1 N–H and O–H groups in total. The maximum Gasteiger partial charge on any atom is 0.240 e. The van der Waals surface area contributed by atoms with Crippen molar-refractivity contribution in [3.05, 3.63) is 29.3 Å². The summed E-state index contributed by atoms with van der Waals surface area (Å²) in [6.07, 6.45) is 3.80. The molecule has 0 unspecified atom stereocenters. The maximum absolute atomic E-state index is 12.2. The van der Waals surface area contributed by atoms with Crippen LogP contribution in [-0.2, 0) is 32.3 Å². The number of fused-ring (bicyclic) bond motifs is 1. The average Bonchev–Trinajstić information content (AvgIpc) is 2.93. The van der Waals surface area contributed by atoms with E-state index in [-0.39, 0.29) is 0 Å². The first-order chi connectivity index (χ1) is 10.1. The van der Waals surface area contributed by atoms with Crippen molar-refractivity contribution in [2.75, 3.05) is 33.5 Å². The van der Waals surface area contributed by atoms with Crippen LogP contribution in [0.25, 0.3) is 0 Å². The summed E-state index contributed by atoms with van der Waals surface area (Å²) in [7, 11) is -1.79. The van der Waals surface area contributed by atoms with Gasteiger partial charge in [-0.25, -0.2) is 13.1 Å². The number of aryl methyl sites for hydroxylation is 2. The number of hydrogen-bond donors (Lipinski definition) is 1. The van der Waals surface area contributed by atoms with E-state index in [1.807, 2.05) is 6.07 Å². The van der Waals surface area contributed by atoms with E-state index in [4.69, 9.17) is 9.47 Å². The molecule has 0 saturated heterocycles.